The largest absolute Gasteiger partial charge is 0.396 e. The Hall–Kier alpha value is -3.83. The van der Waals surface area contributed by atoms with Gasteiger partial charge < -0.3 is 21.1 Å². The Labute approximate surface area is 217 Å². The Bertz CT molecular complexity index is 1350. The van der Waals surface area contributed by atoms with E-state index in [1.54, 1.807) is 36.4 Å². The lowest BCUT2D eigenvalue weighted by atomic mass is 10.0. The van der Waals surface area contributed by atoms with Crippen LogP contribution in [0.25, 0.3) is 10.9 Å². The molecule has 0 spiro atoms. The monoisotopic (exact) mass is 526 g/mol. The van der Waals surface area contributed by atoms with Crippen LogP contribution in [0.4, 0.5) is 5.82 Å². The Morgan fingerprint density at radius 3 is 2.65 bits per heavy atom. The van der Waals surface area contributed by atoms with Gasteiger partial charge in [-0.2, -0.15) is 5.10 Å². The number of primary amides is 1. The summed E-state index contributed by atoms with van der Waals surface area (Å²) in [6.45, 7) is -0.425. The highest BCUT2D eigenvalue weighted by Gasteiger charge is 2.34. The van der Waals surface area contributed by atoms with Crippen LogP contribution in [0.5, 0.6) is 0 Å². The van der Waals surface area contributed by atoms with E-state index in [4.69, 9.17) is 22.4 Å². The first kappa shape index (κ1) is 26.2. The molecule has 1 aromatic carbocycles. The molecule has 1 aliphatic carbocycles. The minimum Gasteiger partial charge on any atom is -0.396 e. The maximum absolute atomic E-state index is 13.2. The Morgan fingerprint density at radius 1 is 1.19 bits per heavy atom. The predicted octanol–water partition coefficient (Wildman–Crippen LogP) is 1.70. The molecule has 3 amide bonds. The van der Waals surface area contributed by atoms with E-state index in [1.165, 1.54) is 9.58 Å². The molecule has 12 heteroatoms. The number of fused-ring (bicyclic) bond motifs is 1. The number of nitrogens with zero attached hydrogens (tertiary/aromatic N) is 4. The van der Waals surface area contributed by atoms with Gasteiger partial charge in [0.2, 0.25) is 11.8 Å². The van der Waals surface area contributed by atoms with Crippen LogP contribution in [0.1, 0.15) is 41.7 Å². The van der Waals surface area contributed by atoms with Crippen LogP contribution in [-0.2, 0) is 27.3 Å². The fraction of sp³-hybridized carbons (Fsp3) is 0.360. The van der Waals surface area contributed by atoms with Crippen LogP contribution in [0.3, 0.4) is 0 Å². The zero-order valence-corrected chi connectivity index (χ0v) is 20.8. The summed E-state index contributed by atoms with van der Waals surface area (Å²) in [5, 5.41) is 16.5. The maximum atomic E-state index is 13.2. The Balaban J connectivity index is 1.51. The van der Waals surface area contributed by atoms with Crippen molar-refractivity contribution < 1.29 is 24.3 Å². The number of nitrogens with one attached hydrogen (secondary N) is 1. The fourth-order valence-corrected chi connectivity index (χ4v) is 4.24. The number of carbonyl (C=O) groups excluding carboxylic acids is 4. The van der Waals surface area contributed by atoms with E-state index in [0.717, 1.165) is 12.8 Å². The van der Waals surface area contributed by atoms with E-state index in [9.17, 15) is 19.2 Å². The van der Waals surface area contributed by atoms with Crippen LogP contribution < -0.4 is 11.1 Å². The number of amides is 3. The van der Waals surface area contributed by atoms with Crippen molar-refractivity contribution in [1.29, 1.82) is 0 Å². The van der Waals surface area contributed by atoms with Crippen molar-refractivity contribution in [1.82, 2.24) is 19.7 Å². The van der Waals surface area contributed by atoms with Crippen molar-refractivity contribution in [3.8, 4) is 0 Å². The zero-order valence-electron chi connectivity index (χ0n) is 20.0. The lowest BCUT2D eigenvalue weighted by Crippen LogP contribution is -2.41. The van der Waals surface area contributed by atoms with E-state index in [-0.39, 0.29) is 66.9 Å². The lowest BCUT2D eigenvalue weighted by molar-refractivity contribution is -0.135. The number of pyridine rings is 1. The molecule has 0 bridgehead atoms. The third-order valence-corrected chi connectivity index (χ3v) is 6.16. The summed E-state index contributed by atoms with van der Waals surface area (Å²) in [5.41, 5.74) is 6.72. The van der Waals surface area contributed by atoms with Gasteiger partial charge in [0.25, 0.3) is 5.91 Å². The van der Waals surface area contributed by atoms with Crippen LogP contribution in [0, 0.1) is 0 Å². The molecule has 4 N–H and O–H groups in total. The summed E-state index contributed by atoms with van der Waals surface area (Å²) < 4.78 is 1.39. The third kappa shape index (κ3) is 6.69. The highest BCUT2D eigenvalue weighted by atomic mass is 35.5. The average molecular weight is 527 g/mol. The second-order valence-electron chi connectivity index (χ2n) is 8.91. The molecular weight excluding hydrogens is 500 g/mol. The number of hydrogen-bond donors (Lipinski definition) is 3. The lowest BCUT2D eigenvalue weighted by Gasteiger charge is -2.22. The van der Waals surface area contributed by atoms with Crippen molar-refractivity contribution in [2.75, 3.05) is 18.5 Å². The summed E-state index contributed by atoms with van der Waals surface area (Å²) >= 11 is 5.87. The first-order valence-corrected chi connectivity index (χ1v) is 12.3. The van der Waals surface area contributed by atoms with Gasteiger partial charge in [-0.05, 0) is 49.1 Å². The summed E-state index contributed by atoms with van der Waals surface area (Å²) in [4.78, 5) is 55.6. The summed E-state index contributed by atoms with van der Waals surface area (Å²) in [7, 11) is 0. The fourth-order valence-electron chi connectivity index (χ4n) is 4.07. The first-order valence-electron chi connectivity index (χ1n) is 11.9. The molecule has 1 saturated carbocycles. The third-order valence-electron chi connectivity index (χ3n) is 5.95. The number of benzene rings is 1. The molecule has 3 aromatic rings. The summed E-state index contributed by atoms with van der Waals surface area (Å²) in [5.74, 6) is -1.25. The molecule has 2 heterocycles. The molecule has 1 fully saturated rings. The Kier molecular flexibility index (Phi) is 8.14. The molecule has 0 aliphatic heterocycles. The smallest absolute Gasteiger partial charge is 0.269 e. The molecule has 11 nitrogen and oxygen atoms in total. The second kappa shape index (κ2) is 11.5. The van der Waals surface area contributed by atoms with Crippen molar-refractivity contribution >= 4 is 51.8 Å². The van der Waals surface area contributed by atoms with Crippen molar-refractivity contribution in [3.63, 3.8) is 0 Å². The number of nitrogens with two attached hydrogens (primary N) is 1. The van der Waals surface area contributed by atoms with Gasteiger partial charge in [-0.1, -0.05) is 23.7 Å². The zero-order chi connectivity index (χ0) is 26.5. The number of aliphatic hydroxyl groups excluding tert-OH is 1. The highest BCUT2D eigenvalue weighted by molar-refractivity contribution is 6.29. The number of aliphatic hydroxyl groups is 1. The van der Waals surface area contributed by atoms with E-state index in [0.29, 0.717) is 22.9 Å². The van der Waals surface area contributed by atoms with Gasteiger partial charge in [-0.25, -0.2) is 4.98 Å². The molecular formula is C25H27ClN6O5. The molecule has 37 heavy (non-hydrogen) atoms. The van der Waals surface area contributed by atoms with Gasteiger partial charge in [0.15, 0.2) is 5.69 Å². The molecule has 4 rings (SSSR count). The van der Waals surface area contributed by atoms with E-state index < -0.39 is 11.8 Å². The minimum absolute atomic E-state index is 0.00444. The average Bonchev–Trinajstić information content (AvgIpc) is 3.63. The number of rotatable bonds is 12. The molecule has 0 saturated heterocycles. The van der Waals surface area contributed by atoms with E-state index in [2.05, 4.69) is 15.4 Å². The normalized spacial score (nSPS) is 12.9. The quantitative estimate of drug-likeness (QED) is 0.303. The highest BCUT2D eigenvalue weighted by Crippen LogP contribution is 2.28. The van der Waals surface area contributed by atoms with Gasteiger partial charge in [0.05, 0.1) is 5.52 Å². The van der Waals surface area contributed by atoms with Crippen LogP contribution >= 0.6 is 11.6 Å². The topological polar surface area (TPSA) is 161 Å². The van der Waals surface area contributed by atoms with Gasteiger partial charge in [-0.3, -0.25) is 23.9 Å². The molecule has 0 unspecified atom stereocenters. The molecule has 0 atom stereocenters. The SMILES string of the molecule is NC(=O)c1nn(CC(=O)N(CC(=O)Nc2cccc(Cl)n2)C2CC2)c2ccc(CC(=O)CCCO)cc12. The number of Topliss-reactive ketones (excluding diaryl/α,β-unsaturated/α-hetero) is 1. The van der Waals surface area contributed by atoms with E-state index >= 15 is 0 Å². The van der Waals surface area contributed by atoms with Crippen molar-refractivity contribution in [3.05, 3.63) is 52.8 Å². The number of halogens is 1. The maximum Gasteiger partial charge on any atom is 0.269 e. The van der Waals surface area contributed by atoms with Gasteiger partial charge >= 0.3 is 0 Å². The number of hydrogen-bond acceptors (Lipinski definition) is 7. The molecule has 0 radical (unpaired) electrons. The number of carbonyl (C=O) groups is 4. The van der Waals surface area contributed by atoms with Gasteiger partial charge in [0.1, 0.15) is 29.8 Å². The number of ketones is 1. The van der Waals surface area contributed by atoms with Crippen molar-refractivity contribution in [2.24, 2.45) is 5.73 Å². The minimum atomic E-state index is -0.757. The first-order chi connectivity index (χ1) is 17.7. The molecule has 194 valence electrons. The van der Waals surface area contributed by atoms with E-state index in [1.807, 2.05) is 0 Å². The van der Waals surface area contributed by atoms with Gasteiger partial charge in [-0.15, -0.1) is 0 Å². The van der Waals surface area contributed by atoms with Crippen LogP contribution in [-0.4, -0.2) is 67.5 Å². The summed E-state index contributed by atoms with van der Waals surface area (Å²) in [6.07, 6.45) is 2.36. The standard InChI is InChI=1S/C25H27ClN6O5/c26-20-4-1-5-21(28-20)29-22(35)13-31(16-7-8-16)23(36)14-32-19-9-6-15(11-17(34)3-2-10-33)12-18(19)24(30-32)25(27)37/h1,4-6,9,12,16,33H,2-3,7-8,10-11,13-14H2,(H2,27,37)(H,28,29,35). The van der Waals surface area contributed by atoms with Crippen molar-refractivity contribution in [2.45, 2.75) is 44.7 Å². The Morgan fingerprint density at radius 2 is 1.97 bits per heavy atom. The van der Waals surface area contributed by atoms with Crippen LogP contribution in [0.2, 0.25) is 5.15 Å². The number of anilines is 1. The molecule has 2 aromatic heterocycles. The molecule has 1 aliphatic rings. The second-order valence-corrected chi connectivity index (χ2v) is 9.30. The van der Waals surface area contributed by atoms with Gasteiger partial charge in [0, 0.05) is 30.9 Å². The number of aromatic nitrogens is 3. The van der Waals surface area contributed by atoms with Crippen LogP contribution in [0.15, 0.2) is 36.4 Å². The summed E-state index contributed by atoms with van der Waals surface area (Å²) in [6, 6.07) is 9.88. The predicted molar refractivity (Wildman–Crippen MR) is 136 cm³/mol.